The lowest BCUT2D eigenvalue weighted by Gasteiger charge is -2.21. The molecule has 0 spiro atoms. The van der Waals surface area contributed by atoms with Gasteiger partial charge < -0.3 is 15.0 Å². The van der Waals surface area contributed by atoms with Gasteiger partial charge in [0.1, 0.15) is 11.5 Å². The number of nitrogens with one attached hydrogen (secondary N) is 1. The Morgan fingerprint density at radius 2 is 1.74 bits per heavy atom. The number of benzene rings is 2. The average molecular weight is 567 g/mol. The zero-order chi connectivity index (χ0) is 27.6. The van der Waals surface area contributed by atoms with Crippen LogP contribution in [0.3, 0.4) is 0 Å². The maximum atomic E-state index is 13.7. The first kappa shape index (κ1) is 27.1. The second-order valence-corrected chi connectivity index (χ2v) is 12.8. The molecule has 39 heavy (non-hydrogen) atoms. The number of sulfone groups is 1. The minimum absolute atomic E-state index is 0.00699. The highest BCUT2D eigenvalue weighted by Gasteiger charge is 2.40. The Labute approximate surface area is 231 Å². The number of aryl methyl sites for hydroxylation is 1. The molecule has 1 N–H and O–H groups in total. The standard InChI is InChI=1S/C29H30N2O6S2/c1-2-37-29(34)27-20-13-7-4-8-15-22(20)38-28(27)30-25(32)18-31-21-14-9-10-16-23(21)39(35,36)24(17-26(31)33)19-11-5-3-6-12-19/h3,5-6,9-12,14,16,24H,2,4,7-8,13,15,17-18H2,1H3,(H,30,32). The summed E-state index contributed by atoms with van der Waals surface area (Å²) >= 11 is 1.38. The molecule has 10 heteroatoms. The van der Waals surface area contributed by atoms with Crippen LogP contribution < -0.4 is 10.2 Å². The van der Waals surface area contributed by atoms with Crippen molar-refractivity contribution in [1.29, 1.82) is 0 Å². The molecule has 8 nitrogen and oxygen atoms in total. The van der Waals surface area contributed by atoms with E-state index >= 15 is 0 Å². The van der Waals surface area contributed by atoms with Crippen LogP contribution in [0.2, 0.25) is 0 Å². The van der Waals surface area contributed by atoms with Gasteiger partial charge in [0, 0.05) is 11.3 Å². The number of thiophene rings is 1. The molecule has 3 aromatic rings. The van der Waals surface area contributed by atoms with E-state index < -0.39 is 39.4 Å². The lowest BCUT2D eigenvalue weighted by molar-refractivity contribution is -0.121. The third-order valence-electron chi connectivity index (χ3n) is 7.13. The molecule has 0 bridgehead atoms. The maximum Gasteiger partial charge on any atom is 0.341 e. The van der Waals surface area contributed by atoms with Gasteiger partial charge in [0.2, 0.25) is 11.8 Å². The Balaban J connectivity index is 1.46. The lowest BCUT2D eigenvalue weighted by Crippen LogP contribution is -2.38. The Morgan fingerprint density at radius 3 is 2.51 bits per heavy atom. The van der Waals surface area contributed by atoms with Crippen LogP contribution in [0.25, 0.3) is 0 Å². The lowest BCUT2D eigenvalue weighted by atomic mass is 10.1. The Kier molecular flexibility index (Phi) is 7.86. The number of anilines is 2. The number of para-hydroxylation sites is 1. The van der Waals surface area contributed by atoms with Crippen molar-refractivity contribution >= 4 is 49.6 Å². The fourth-order valence-corrected chi connectivity index (χ4v) is 8.50. The van der Waals surface area contributed by atoms with Gasteiger partial charge in [-0.05, 0) is 55.9 Å². The van der Waals surface area contributed by atoms with Crippen LogP contribution in [0.15, 0.2) is 59.5 Å². The molecule has 1 aliphatic carbocycles. The summed E-state index contributed by atoms with van der Waals surface area (Å²) in [5.74, 6) is -1.46. The number of carbonyl (C=O) groups is 3. The zero-order valence-electron chi connectivity index (χ0n) is 21.6. The first-order valence-electron chi connectivity index (χ1n) is 13.1. The topological polar surface area (TPSA) is 110 Å². The molecule has 0 saturated heterocycles. The molecule has 204 valence electrons. The summed E-state index contributed by atoms with van der Waals surface area (Å²) in [5.41, 5.74) is 2.01. The molecule has 2 aliphatic rings. The second-order valence-electron chi connectivity index (χ2n) is 9.63. The number of hydrogen-bond acceptors (Lipinski definition) is 7. The van der Waals surface area contributed by atoms with Crippen molar-refractivity contribution < 1.29 is 27.5 Å². The predicted molar refractivity (Wildman–Crippen MR) is 150 cm³/mol. The predicted octanol–water partition coefficient (Wildman–Crippen LogP) is 5.08. The number of carbonyl (C=O) groups excluding carboxylic acids is 3. The SMILES string of the molecule is CCOC(=O)c1c(NC(=O)CN2C(=O)CC(c3ccccc3)S(=O)(=O)c3ccccc32)sc2c1CCCCC2. The van der Waals surface area contributed by atoms with Crippen LogP contribution in [0.1, 0.15) is 64.2 Å². The number of rotatable bonds is 6. The molecule has 1 aromatic heterocycles. The summed E-state index contributed by atoms with van der Waals surface area (Å²) in [5, 5.41) is 2.19. The number of esters is 1. The van der Waals surface area contributed by atoms with E-state index in [-0.39, 0.29) is 23.6 Å². The summed E-state index contributed by atoms with van der Waals surface area (Å²) in [6.07, 6.45) is 4.33. The summed E-state index contributed by atoms with van der Waals surface area (Å²) in [6, 6.07) is 14.9. The van der Waals surface area contributed by atoms with Crippen molar-refractivity contribution in [3.8, 4) is 0 Å². The largest absolute Gasteiger partial charge is 0.462 e. The molecule has 0 fully saturated rings. The monoisotopic (exact) mass is 566 g/mol. The highest BCUT2D eigenvalue weighted by Crippen LogP contribution is 2.41. The van der Waals surface area contributed by atoms with E-state index in [4.69, 9.17) is 4.74 Å². The fraction of sp³-hybridized carbons (Fsp3) is 0.345. The van der Waals surface area contributed by atoms with E-state index in [0.717, 1.165) is 42.5 Å². The Hall–Kier alpha value is -3.50. The van der Waals surface area contributed by atoms with Crippen molar-refractivity contribution in [2.45, 2.75) is 55.6 Å². The van der Waals surface area contributed by atoms with E-state index in [1.54, 1.807) is 55.5 Å². The van der Waals surface area contributed by atoms with E-state index in [0.29, 0.717) is 16.1 Å². The molecule has 0 saturated carbocycles. The van der Waals surface area contributed by atoms with Crippen LogP contribution in [-0.2, 0) is 37.0 Å². The molecule has 0 radical (unpaired) electrons. The average Bonchev–Trinajstić information content (AvgIpc) is 3.05. The van der Waals surface area contributed by atoms with Gasteiger partial charge in [-0.3, -0.25) is 9.59 Å². The van der Waals surface area contributed by atoms with Gasteiger partial charge in [-0.2, -0.15) is 0 Å². The first-order chi connectivity index (χ1) is 18.8. The van der Waals surface area contributed by atoms with Crippen molar-refractivity contribution in [2.75, 3.05) is 23.4 Å². The van der Waals surface area contributed by atoms with Crippen LogP contribution in [-0.4, -0.2) is 39.4 Å². The molecule has 2 amide bonds. The molecule has 5 rings (SSSR count). The number of amides is 2. The summed E-state index contributed by atoms with van der Waals surface area (Å²) in [4.78, 5) is 42.1. The van der Waals surface area contributed by atoms with E-state index in [1.807, 2.05) is 0 Å². The van der Waals surface area contributed by atoms with Crippen molar-refractivity contribution in [1.82, 2.24) is 0 Å². The van der Waals surface area contributed by atoms with Crippen LogP contribution >= 0.6 is 11.3 Å². The van der Waals surface area contributed by atoms with Crippen LogP contribution in [0.5, 0.6) is 0 Å². The minimum Gasteiger partial charge on any atom is -0.462 e. The Bertz CT molecular complexity index is 1510. The first-order valence-corrected chi connectivity index (χ1v) is 15.5. The van der Waals surface area contributed by atoms with Crippen LogP contribution in [0.4, 0.5) is 10.7 Å². The van der Waals surface area contributed by atoms with Crippen LogP contribution in [0, 0.1) is 0 Å². The van der Waals surface area contributed by atoms with Gasteiger partial charge >= 0.3 is 5.97 Å². The smallest absolute Gasteiger partial charge is 0.341 e. The number of fused-ring (bicyclic) bond motifs is 2. The molecule has 2 heterocycles. The fourth-order valence-electron chi connectivity index (χ4n) is 5.28. The molecular formula is C29H30N2O6S2. The second kappa shape index (κ2) is 11.3. The third kappa shape index (κ3) is 5.35. The summed E-state index contributed by atoms with van der Waals surface area (Å²) < 4.78 is 32.7. The van der Waals surface area contributed by atoms with Gasteiger partial charge in [0.05, 0.1) is 28.0 Å². The molecule has 1 atom stereocenters. The van der Waals surface area contributed by atoms with Gasteiger partial charge in [0.25, 0.3) is 0 Å². The summed E-state index contributed by atoms with van der Waals surface area (Å²) in [7, 11) is -3.92. The van der Waals surface area contributed by atoms with E-state index in [2.05, 4.69) is 5.32 Å². The van der Waals surface area contributed by atoms with Gasteiger partial charge in [0.15, 0.2) is 9.84 Å². The highest BCUT2D eigenvalue weighted by atomic mass is 32.2. The Morgan fingerprint density at radius 1 is 1.03 bits per heavy atom. The zero-order valence-corrected chi connectivity index (χ0v) is 23.3. The molecule has 2 aromatic carbocycles. The molecular weight excluding hydrogens is 536 g/mol. The number of ether oxygens (including phenoxy) is 1. The number of hydrogen-bond donors (Lipinski definition) is 1. The normalized spacial score (nSPS) is 18.3. The maximum absolute atomic E-state index is 13.7. The van der Waals surface area contributed by atoms with E-state index in [1.165, 1.54) is 22.3 Å². The number of nitrogens with zero attached hydrogens (tertiary/aromatic N) is 1. The quantitative estimate of drug-likeness (QED) is 0.329. The van der Waals surface area contributed by atoms with E-state index in [9.17, 15) is 22.8 Å². The van der Waals surface area contributed by atoms with Gasteiger partial charge in [-0.15, -0.1) is 11.3 Å². The van der Waals surface area contributed by atoms with Gasteiger partial charge in [-0.25, -0.2) is 13.2 Å². The highest BCUT2D eigenvalue weighted by molar-refractivity contribution is 7.92. The third-order valence-corrected chi connectivity index (χ3v) is 10.5. The van der Waals surface area contributed by atoms with Crippen molar-refractivity contribution in [3.05, 3.63) is 76.2 Å². The summed E-state index contributed by atoms with van der Waals surface area (Å²) in [6.45, 7) is 1.56. The van der Waals surface area contributed by atoms with Crippen molar-refractivity contribution in [3.63, 3.8) is 0 Å². The minimum atomic E-state index is -3.92. The molecule has 1 aliphatic heterocycles. The van der Waals surface area contributed by atoms with Gasteiger partial charge in [-0.1, -0.05) is 48.9 Å². The van der Waals surface area contributed by atoms with Crippen molar-refractivity contribution in [2.24, 2.45) is 0 Å². The molecule has 1 unspecified atom stereocenters.